The Bertz CT molecular complexity index is 1880. The molecule has 2 aliphatic heterocycles. The standard InChI is InChI=1S/C21H25N10O8PS2/c22-21-28-18-16(19(32)29-21)26-9-31(18)20-15-3-12(37-20)4-27-42(34,35)39-14-2-11(1-10(14)6-36-40(33,41)38-15)30-8-25-13-5-23-7-24-17(13)30/h5,7-12,14-15,20,27H,1-4,6H2,(H,33,41)(H3,22,28,29,32)/t10-,11-,12+,14+,15-,20-,40+/m1/s1. The summed E-state index contributed by atoms with van der Waals surface area (Å²) in [5, 5.41) is 0. The third-order valence-electron chi connectivity index (χ3n) is 7.57. The van der Waals surface area contributed by atoms with Crippen molar-refractivity contribution in [2.75, 3.05) is 18.9 Å². The van der Waals surface area contributed by atoms with E-state index >= 15 is 0 Å². The van der Waals surface area contributed by atoms with E-state index in [2.05, 4.69) is 46.9 Å². The Balaban J connectivity index is 1.17. The Hall–Kier alpha value is -2.97. The lowest BCUT2D eigenvalue weighted by Gasteiger charge is -2.25. The van der Waals surface area contributed by atoms with E-state index < -0.39 is 53.1 Å². The van der Waals surface area contributed by atoms with Crippen molar-refractivity contribution in [2.45, 2.75) is 49.8 Å². The molecular formula is C21H25N10O8PS2. The highest BCUT2D eigenvalue weighted by molar-refractivity contribution is 8.44. The third kappa shape index (κ3) is 5.21. The summed E-state index contributed by atoms with van der Waals surface area (Å²) in [6.07, 6.45) is 3.25. The zero-order valence-corrected chi connectivity index (χ0v) is 24.2. The molecule has 2 saturated heterocycles. The molecule has 4 aromatic heterocycles. The van der Waals surface area contributed by atoms with Gasteiger partial charge in [0, 0.05) is 24.9 Å². The van der Waals surface area contributed by atoms with Crippen molar-refractivity contribution in [2.24, 2.45) is 5.92 Å². The molecule has 2 bridgehead atoms. The average molecular weight is 641 g/mol. The van der Waals surface area contributed by atoms with Gasteiger partial charge in [-0.2, -0.15) is 18.1 Å². The maximum Gasteiger partial charge on any atom is 0.386 e. The SMILES string of the molecule is Nc1nc2c(ncn2[C@@H]2O[C@@H]3CNS(=O)(=O)O[C@H]4C[C@H](n5cnc6cncnc65)C[C@@H]4CO[P@](=O)(S)O[C@@H]2C3)c(=O)[nH]1. The van der Waals surface area contributed by atoms with Gasteiger partial charge in [-0.05, 0) is 12.8 Å². The Morgan fingerprint density at radius 3 is 2.79 bits per heavy atom. The predicted octanol–water partition coefficient (Wildman–Crippen LogP) is 0.453. The summed E-state index contributed by atoms with van der Waals surface area (Å²) in [5.74, 6) is -0.631. The molecule has 0 unspecified atom stereocenters. The second kappa shape index (κ2) is 10.3. The normalized spacial score (nSPS) is 33.6. The van der Waals surface area contributed by atoms with E-state index in [0.717, 1.165) is 0 Å². The van der Waals surface area contributed by atoms with Gasteiger partial charge in [0.05, 0.1) is 37.7 Å². The van der Waals surface area contributed by atoms with Crippen LogP contribution in [0, 0.1) is 5.92 Å². The van der Waals surface area contributed by atoms with E-state index in [1.165, 1.54) is 17.2 Å². The van der Waals surface area contributed by atoms with Crippen molar-refractivity contribution in [1.82, 2.24) is 43.8 Å². The molecule has 18 nitrogen and oxygen atoms in total. The van der Waals surface area contributed by atoms with Crippen molar-refractivity contribution in [1.29, 1.82) is 0 Å². The molecule has 42 heavy (non-hydrogen) atoms. The van der Waals surface area contributed by atoms with Crippen LogP contribution in [0.15, 0.2) is 30.0 Å². The number of aromatic nitrogens is 8. The van der Waals surface area contributed by atoms with Crippen LogP contribution in [-0.4, -0.2) is 78.9 Å². The number of rotatable bonds is 2. The van der Waals surface area contributed by atoms with Crippen molar-refractivity contribution in [3.8, 4) is 0 Å². The number of nitrogens with one attached hydrogen (secondary N) is 2. The second-order valence-corrected chi connectivity index (χ2v) is 14.5. The summed E-state index contributed by atoms with van der Waals surface area (Å²) < 4.78 is 68.5. The number of H-pyrrole nitrogens is 1. The van der Waals surface area contributed by atoms with E-state index in [4.69, 9.17) is 23.7 Å². The highest BCUT2D eigenvalue weighted by Gasteiger charge is 2.45. The highest BCUT2D eigenvalue weighted by atomic mass is 32.7. The number of nitrogen functional groups attached to an aromatic ring is 1. The quantitative estimate of drug-likeness (QED) is 0.172. The van der Waals surface area contributed by atoms with E-state index in [1.54, 1.807) is 12.5 Å². The lowest BCUT2D eigenvalue weighted by Crippen LogP contribution is -2.37. The van der Waals surface area contributed by atoms with Crippen LogP contribution in [-0.2, 0) is 32.8 Å². The van der Waals surface area contributed by atoms with Gasteiger partial charge in [-0.1, -0.05) is 12.2 Å². The van der Waals surface area contributed by atoms with Gasteiger partial charge in [0.1, 0.15) is 17.9 Å². The number of hydrogen-bond acceptors (Lipinski definition) is 14. The lowest BCUT2D eigenvalue weighted by molar-refractivity contribution is -0.0298. The van der Waals surface area contributed by atoms with Gasteiger partial charge in [0.25, 0.3) is 5.56 Å². The fourth-order valence-electron chi connectivity index (χ4n) is 5.73. The average Bonchev–Trinajstić information content (AvgIpc) is 3.70. The van der Waals surface area contributed by atoms with Crippen LogP contribution in [0.2, 0.25) is 0 Å². The third-order valence-corrected chi connectivity index (χ3v) is 10.2. The fraction of sp³-hybridized carbons (Fsp3) is 0.524. The number of aromatic amines is 1. The van der Waals surface area contributed by atoms with E-state index in [9.17, 15) is 17.8 Å². The molecule has 21 heteroatoms. The minimum Gasteiger partial charge on any atom is -0.369 e. The highest BCUT2D eigenvalue weighted by Crippen LogP contribution is 2.57. The van der Waals surface area contributed by atoms with Gasteiger partial charge in [0.2, 0.25) is 5.95 Å². The molecule has 0 aromatic carbocycles. The summed E-state index contributed by atoms with van der Waals surface area (Å²) in [6.45, 7) is -4.36. The summed E-state index contributed by atoms with van der Waals surface area (Å²) in [5.41, 5.74) is 6.47. The van der Waals surface area contributed by atoms with Crippen molar-refractivity contribution >= 4 is 57.6 Å². The summed E-state index contributed by atoms with van der Waals surface area (Å²) in [7, 11) is -4.24. The summed E-state index contributed by atoms with van der Waals surface area (Å²) >= 11 is 4.21. The molecule has 4 aromatic rings. The molecular weight excluding hydrogens is 615 g/mol. The van der Waals surface area contributed by atoms with E-state index in [0.29, 0.717) is 24.0 Å². The molecule has 1 saturated carbocycles. The van der Waals surface area contributed by atoms with Crippen LogP contribution in [0.1, 0.15) is 31.5 Å². The van der Waals surface area contributed by atoms with Crippen LogP contribution in [0.25, 0.3) is 22.3 Å². The predicted molar refractivity (Wildman–Crippen MR) is 147 cm³/mol. The van der Waals surface area contributed by atoms with Crippen molar-refractivity contribution in [3.63, 3.8) is 0 Å². The molecule has 0 amide bonds. The first kappa shape index (κ1) is 27.8. The molecule has 4 N–H and O–H groups in total. The Kier molecular flexibility index (Phi) is 6.85. The zero-order chi connectivity index (χ0) is 29.2. The van der Waals surface area contributed by atoms with Crippen LogP contribution in [0.5, 0.6) is 0 Å². The maximum atomic E-state index is 13.5. The van der Waals surface area contributed by atoms with E-state index in [-0.39, 0.29) is 42.7 Å². The van der Waals surface area contributed by atoms with Crippen LogP contribution >= 0.6 is 19.0 Å². The monoisotopic (exact) mass is 640 g/mol. The first-order chi connectivity index (χ1) is 20.1. The topological polar surface area (TPSA) is 233 Å². The van der Waals surface area contributed by atoms with Crippen LogP contribution in [0.4, 0.5) is 5.95 Å². The van der Waals surface area contributed by atoms with Crippen LogP contribution in [0.3, 0.4) is 0 Å². The number of anilines is 1. The molecule has 3 fully saturated rings. The minimum absolute atomic E-state index is 0.00257. The van der Waals surface area contributed by atoms with Crippen molar-refractivity contribution in [3.05, 3.63) is 35.5 Å². The van der Waals surface area contributed by atoms with Gasteiger partial charge in [0.15, 0.2) is 23.0 Å². The molecule has 6 heterocycles. The van der Waals surface area contributed by atoms with E-state index in [1.807, 2.05) is 4.57 Å². The van der Waals surface area contributed by atoms with Crippen LogP contribution < -0.4 is 16.0 Å². The fourth-order valence-corrected chi connectivity index (χ4v) is 8.29. The number of ether oxygens (including phenoxy) is 1. The molecule has 0 spiro atoms. The molecule has 1 aliphatic carbocycles. The lowest BCUT2D eigenvalue weighted by atomic mass is 10.1. The molecule has 7 rings (SSSR count). The maximum absolute atomic E-state index is 13.5. The Morgan fingerprint density at radius 1 is 1.10 bits per heavy atom. The number of fused-ring (bicyclic) bond motifs is 5. The second-order valence-electron chi connectivity index (χ2n) is 10.3. The summed E-state index contributed by atoms with van der Waals surface area (Å²) in [4.78, 5) is 35.5. The Labute approximate surface area is 242 Å². The van der Waals surface area contributed by atoms with Crippen molar-refractivity contribution < 1.29 is 31.0 Å². The van der Waals surface area contributed by atoms with Gasteiger partial charge in [-0.15, -0.1) is 0 Å². The first-order valence-corrected chi connectivity index (χ1v) is 17.0. The number of hydrogen-bond donors (Lipinski definition) is 4. The number of nitrogens with zero attached hydrogens (tertiary/aromatic N) is 7. The number of nitrogens with two attached hydrogens (primary N) is 1. The van der Waals surface area contributed by atoms with Gasteiger partial charge in [-0.3, -0.25) is 23.1 Å². The smallest absolute Gasteiger partial charge is 0.369 e. The van der Waals surface area contributed by atoms with Gasteiger partial charge >= 0.3 is 17.1 Å². The zero-order valence-electron chi connectivity index (χ0n) is 21.6. The molecule has 3 aliphatic rings. The molecule has 7 atom stereocenters. The number of imidazole rings is 2. The molecule has 0 radical (unpaired) electrons. The number of thiol groups is 1. The van der Waals surface area contributed by atoms with Gasteiger partial charge < -0.3 is 19.6 Å². The molecule has 224 valence electrons. The largest absolute Gasteiger partial charge is 0.386 e. The van der Waals surface area contributed by atoms with Gasteiger partial charge in [-0.25, -0.2) is 24.5 Å². The minimum atomic E-state index is -4.24. The Morgan fingerprint density at radius 2 is 1.93 bits per heavy atom. The summed E-state index contributed by atoms with van der Waals surface area (Å²) in [6, 6.07) is -0.228. The first-order valence-electron chi connectivity index (χ1n) is 12.9.